The largest absolute Gasteiger partial charge is 0.497 e. The number of nitrogens with one attached hydrogen (secondary N) is 2. The summed E-state index contributed by atoms with van der Waals surface area (Å²) in [6.45, 7) is 4.56. The predicted molar refractivity (Wildman–Crippen MR) is 108 cm³/mol. The molecule has 0 spiro atoms. The average molecular weight is 392 g/mol. The average Bonchev–Trinajstić information content (AvgIpc) is 3.18. The topological polar surface area (TPSA) is 79.9 Å². The first-order valence-electron chi connectivity index (χ1n) is 9.82. The van der Waals surface area contributed by atoms with E-state index in [0.717, 1.165) is 37.1 Å². The zero-order valence-corrected chi connectivity index (χ0v) is 17.5. The van der Waals surface area contributed by atoms with Crippen molar-refractivity contribution >= 4 is 12.3 Å². The molecule has 1 aromatic carbocycles. The highest BCUT2D eigenvalue weighted by Crippen LogP contribution is 2.26. The van der Waals surface area contributed by atoms with Crippen LogP contribution in [-0.4, -0.2) is 63.2 Å². The highest BCUT2D eigenvalue weighted by Gasteiger charge is 2.37. The second-order valence-corrected chi connectivity index (χ2v) is 7.38. The van der Waals surface area contributed by atoms with Gasteiger partial charge in [-0.2, -0.15) is 0 Å². The van der Waals surface area contributed by atoms with E-state index in [2.05, 4.69) is 10.6 Å². The number of benzene rings is 1. The predicted octanol–water partition coefficient (Wildman–Crippen LogP) is 1.73. The molecule has 0 aliphatic carbocycles. The number of likely N-dealkylation sites (tertiary alicyclic amines) is 1. The van der Waals surface area contributed by atoms with Crippen molar-refractivity contribution in [3.05, 3.63) is 29.8 Å². The Morgan fingerprint density at radius 3 is 2.46 bits per heavy atom. The van der Waals surface area contributed by atoms with Crippen LogP contribution in [0.1, 0.15) is 38.3 Å². The Labute approximate surface area is 167 Å². The first-order chi connectivity index (χ1) is 13.5. The minimum atomic E-state index is -0.369. The van der Waals surface area contributed by atoms with E-state index in [1.54, 1.807) is 19.1 Å². The number of methoxy groups -OCH3 is 2. The molecular formula is C21H33N3O4. The minimum Gasteiger partial charge on any atom is -0.497 e. The summed E-state index contributed by atoms with van der Waals surface area (Å²) in [4.78, 5) is 25.9. The molecule has 0 saturated carbocycles. The first-order valence-corrected chi connectivity index (χ1v) is 9.82. The van der Waals surface area contributed by atoms with Crippen LogP contribution in [0.3, 0.4) is 0 Å². The van der Waals surface area contributed by atoms with Gasteiger partial charge in [-0.15, -0.1) is 0 Å². The molecule has 1 saturated heterocycles. The van der Waals surface area contributed by atoms with E-state index in [0.29, 0.717) is 0 Å². The molecule has 7 nitrogen and oxygen atoms in total. The normalized spacial score (nSPS) is 20.9. The van der Waals surface area contributed by atoms with Crippen molar-refractivity contribution in [2.24, 2.45) is 5.92 Å². The lowest BCUT2D eigenvalue weighted by Gasteiger charge is -2.33. The lowest BCUT2D eigenvalue weighted by Crippen LogP contribution is -2.50. The maximum atomic E-state index is 12.9. The van der Waals surface area contributed by atoms with Gasteiger partial charge in [-0.05, 0) is 44.5 Å². The SMILES string of the molecule is CNC(c1ccc(OC)cc1)C(C)NC(=O)C(C)C(OC)C1CCCN1C=O. The van der Waals surface area contributed by atoms with Crippen LogP contribution in [0.25, 0.3) is 0 Å². The fourth-order valence-corrected chi connectivity index (χ4v) is 4.10. The van der Waals surface area contributed by atoms with Crippen LogP contribution >= 0.6 is 0 Å². The van der Waals surface area contributed by atoms with Crippen LogP contribution in [0, 0.1) is 5.92 Å². The van der Waals surface area contributed by atoms with Crippen molar-refractivity contribution in [3.8, 4) is 5.75 Å². The second kappa shape index (κ2) is 10.4. The van der Waals surface area contributed by atoms with Gasteiger partial charge in [-0.3, -0.25) is 9.59 Å². The van der Waals surface area contributed by atoms with E-state index in [1.165, 1.54) is 0 Å². The number of ether oxygens (including phenoxy) is 2. The van der Waals surface area contributed by atoms with Crippen LogP contribution < -0.4 is 15.4 Å². The third kappa shape index (κ3) is 5.02. The van der Waals surface area contributed by atoms with Crippen molar-refractivity contribution in [2.45, 2.75) is 50.9 Å². The summed E-state index contributed by atoms with van der Waals surface area (Å²) < 4.78 is 10.8. The summed E-state index contributed by atoms with van der Waals surface area (Å²) in [7, 11) is 5.11. The molecule has 1 aliphatic heterocycles. The summed E-state index contributed by atoms with van der Waals surface area (Å²) in [5.41, 5.74) is 1.06. The second-order valence-electron chi connectivity index (χ2n) is 7.38. The van der Waals surface area contributed by atoms with Crippen LogP contribution in [0.4, 0.5) is 0 Å². The van der Waals surface area contributed by atoms with E-state index < -0.39 is 0 Å². The van der Waals surface area contributed by atoms with Gasteiger partial charge in [0.25, 0.3) is 0 Å². The van der Waals surface area contributed by atoms with Crippen LogP contribution in [0.5, 0.6) is 5.75 Å². The third-order valence-electron chi connectivity index (χ3n) is 5.69. The zero-order valence-electron chi connectivity index (χ0n) is 17.5. The molecule has 1 aliphatic rings. The molecule has 7 heteroatoms. The number of hydrogen-bond donors (Lipinski definition) is 2. The number of carbonyl (C=O) groups excluding carboxylic acids is 2. The van der Waals surface area contributed by atoms with Crippen molar-refractivity contribution in [1.29, 1.82) is 0 Å². The minimum absolute atomic E-state index is 0.0407. The van der Waals surface area contributed by atoms with Crippen LogP contribution in [0.15, 0.2) is 24.3 Å². The number of carbonyl (C=O) groups is 2. The van der Waals surface area contributed by atoms with Crippen LogP contribution in [0.2, 0.25) is 0 Å². The molecule has 0 radical (unpaired) electrons. The van der Waals surface area contributed by atoms with Gasteiger partial charge in [0, 0.05) is 19.7 Å². The van der Waals surface area contributed by atoms with Gasteiger partial charge >= 0.3 is 0 Å². The molecule has 2 rings (SSSR count). The van der Waals surface area contributed by atoms with Gasteiger partial charge in [0.1, 0.15) is 5.75 Å². The summed E-state index contributed by atoms with van der Waals surface area (Å²) in [6, 6.07) is 7.57. The monoisotopic (exact) mass is 391 g/mol. The fraction of sp³-hybridized carbons (Fsp3) is 0.619. The van der Waals surface area contributed by atoms with Gasteiger partial charge in [0.15, 0.2) is 0 Å². The Bertz CT molecular complexity index is 637. The van der Waals surface area contributed by atoms with Gasteiger partial charge in [0.05, 0.1) is 31.2 Å². The standard InChI is InChI=1S/C21H33N3O4/c1-14(20(28-5)18-7-6-12-24(18)13-25)21(26)23-15(2)19(22-3)16-8-10-17(27-4)11-9-16/h8-11,13-15,18-20,22H,6-7,12H2,1-5H3,(H,23,26). The summed E-state index contributed by atoms with van der Waals surface area (Å²) >= 11 is 0. The van der Waals surface area contributed by atoms with Crippen molar-refractivity contribution in [1.82, 2.24) is 15.5 Å². The molecule has 1 aromatic rings. The molecule has 5 unspecified atom stereocenters. The van der Waals surface area contributed by atoms with E-state index in [1.807, 2.05) is 45.2 Å². The molecule has 2 amide bonds. The van der Waals surface area contributed by atoms with Crippen molar-refractivity contribution in [2.75, 3.05) is 27.8 Å². The lowest BCUT2D eigenvalue weighted by atomic mass is 9.94. The number of amides is 2. The highest BCUT2D eigenvalue weighted by molar-refractivity contribution is 5.79. The van der Waals surface area contributed by atoms with Crippen molar-refractivity contribution in [3.63, 3.8) is 0 Å². The maximum absolute atomic E-state index is 12.9. The molecule has 156 valence electrons. The van der Waals surface area contributed by atoms with Crippen molar-refractivity contribution < 1.29 is 19.1 Å². The molecule has 5 atom stereocenters. The Morgan fingerprint density at radius 2 is 1.93 bits per heavy atom. The summed E-state index contributed by atoms with van der Waals surface area (Å²) in [5, 5.41) is 6.38. The smallest absolute Gasteiger partial charge is 0.225 e. The molecule has 0 aromatic heterocycles. The molecule has 1 heterocycles. The Kier molecular flexibility index (Phi) is 8.26. The number of rotatable bonds is 10. The zero-order chi connectivity index (χ0) is 20.7. The van der Waals surface area contributed by atoms with E-state index in [9.17, 15) is 9.59 Å². The van der Waals surface area contributed by atoms with E-state index in [4.69, 9.17) is 9.47 Å². The first kappa shape index (κ1) is 22.2. The molecule has 0 bridgehead atoms. The molecule has 1 fully saturated rings. The number of hydrogen-bond acceptors (Lipinski definition) is 5. The number of likely N-dealkylation sites (N-methyl/N-ethyl adjacent to an activating group) is 1. The highest BCUT2D eigenvalue weighted by atomic mass is 16.5. The Balaban J connectivity index is 2.04. The summed E-state index contributed by atoms with van der Waals surface area (Å²) in [6.07, 6.45) is 2.33. The maximum Gasteiger partial charge on any atom is 0.225 e. The molecule has 2 N–H and O–H groups in total. The van der Waals surface area contributed by atoms with Gasteiger partial charge in [-0.1, -0.05) is 19.1 Å². The van der Waals surface area contributed by atoms with Gasteiger partial charge < -0.3 is 25.0 Å². The van der Waals surface area contributed by atoms with Gasteiger partial charge in [0.2, 0.25) is 12.3 Å². The van der Waals surface area contributed by atoms with E-state index >= 15 is 0 Å². The Hall–Kier alpha value is -2.12. The Morgan fingerprint density at radius 1 is 1.25 bits per heavy atom. The quantitative estimate of drug-likeness (QED) is 0.594. The van der Waals surface area contributed by atoms with E-state index in [-0.39, 0.29) is 36.1 Å². The summed E-state index contributed by atoms with van der Waals surface area (Å²) in [5.74, 6) is 0.348. The molecule has 28 heavy (non-hydrogen) atoms. The lowest BCUT2D eigenvalue weighted by molar-refractivity contribution is -0.134. The third-order valence-corrected chi connectivity index (χ3v) is 5.69. The number of nitrogens with zero attached hydrogens (tertiary/aromatic N) is 1. The van der Waals surface area contributed by atoms with Crippen LogP contribution in [-0.2, 0) is 14.3 Å². The fourth-order valence-electron chi connectivity index (χ4n) is 4.10. The van der Waals surface area contributed by atoms with Gasteiger partial charge in [-0.25, -0.2) is 0 Å². The molecular weight excluding hydrogens is 358 g/mol.